The molecule has 0 bridgehead atoms. The van der Waals surface area contributed by atoms with Crippen molar-refractivity contribution < 1.29 is 28.5 Å². The minimum Gasteiger partial charge on any atom is -0.497 e. The van der Waals surface area contributed by atoms with Crippen LogP contribution in [0.2, 0.25) is 0 Å². The van der Waals surface area contributed by atoms with E-state index < -0.39 is 11.0 Å². The number of aromatic amines is 1. The third kappa shape index (κ3) is 10.9. The van der Waals surface area contributed by atoms with Gasteiger partial charge in [-0.25, -0.2) is 4.98 Å². The van der Waals surface area contributed by atoms with Gasteiger partial charge < -0.3 is 38.9 Å². The van der Waals surface area contributed by atoms with Crippen LogP contribution in [0.3, 0.4) is 0 Å². The molecular formula is C37H56N4O7. The van der Waals surface area contributed by atoms with Crippen LogP contribution < -0.4 is 25.1 Å². The zero-order chi connectivity index (χ0) is 35.5. The second-order valence-electron chi connectivity index (χ2n) is 13.6. The fraction of sp³-hybridized carbons (Fsp3) is 0.595. The Morgan fingerprint density at radius 2 is 1.69 bits per heavy atom. The predicted molar refractivity (Wildman–Crippen MR) is 191 cm³/mol. The second kappa shape index (κ2) is 17.6. The van der Waals surface area contributed by atoms with Gasteiger partial charge >= 0.3 is 0 Å². The highest BCUT2D eigenvalue weighted by Crippen LogP contribution is 2.32. The van der Waals surface area contributed by atoms with Gasteiger partial charge in [0.25, 0.3) is 5.56 Å². The summed E-state index contributed by atoms with van der Waals surface area (Å²) in [5.41, 5.74) is 1.72. The van der Waals surface area contributed by atoms with Crippen molar-refractivity contribution in [1.82, 2.24) is 20.2 Å². The first-order valence-electron chi connectivity index (χ1n) is 16.8. The number of carbonyl (C=O) groups excluding carboxylic acids is 1. The summed E-state index contributed by atoms with van der Waals surface area (Å²) in [7, 11) is 5.17. The molecule has 0 unspecified atom stereocenters. The number of methoxy groups -OCH3 is 2. The molecule has 0 fully saturated rings. The number of benzene rings is 2. The van der Waals surface area contributed by atoms with Gasteiger partial charge in [-0.15, -0.1) is 0 Å². The van der Waals surface area contributed by atoms with E-state index >= 15 is 0 Å². The molecule has 0 aliphatic rings. The topological polar surface area (TPSA) is 124 Å². The number of ether oxygens (including phenoxy) is 5. The van der Waals surface area contributed by atoms with E-state index in [1.807, 2.05) is 53.7 Å². The maximum absolute atomic E-state index is 13.0. The lowest BCUT2D eigenvalue weighted by Crippen LogP contribution is -2.43. The Hall–Kier alpha value is -3.67. The molecule has 11 heteroatoms. The van der Waals surface area contributed by atoms with Crippen LogP contribution in [0.25, 0.3) is 22.3 Å². The number of nitrogens with one attached hydrogen (secondary N) is 2. The quantitative estimate of drug-likeness (QED) is 0.146. The Balaban J connectivity index is 1.46. The predicted octanol–water partition coefficient (Wildman–Crippen LogP) is 5.68. The molecule has 0 aliphatic carbocycles. The van der Waals surface area contributed by atoms with Gasteiger partial charge in [0, 0.05) is 30.8 Å². The van der Waals surface area contributed by atoms with Crippen molar-refractivity contribution >= 4 is 16.8 Å². The first-order chi connectivity index (χ1) is 22.7. The molecule has 0 saturated carbocycles. The number of hydrogen-bond acceptors (Lipinski definition) is 9. The van der Waals surface area contributed by atoms with Crippen molar-refractivity contribution in [3.8, 4) is 28.6 Å². The highest BCUT2D eigenvalue weighted by atomic mass is 16.5. The molecule has 2 N–H and O–H groups in total. The normalized spacial score (nSPS) is 12.1. The summed E-state index contributed by atoms with van der Waals surface area (Å²) in [4.78, 5) is 35.6. The SMILES string of the molecule is CCCN(C)CCCNC(=O)C(C)(C)COC(C)(C)CCOCCOc1c(C)cc(-c2nc3cc(OC)cc(OC)c3c(=O)[nH]2)cc1C. The Bertz CT molecular complexity index is 1540. The van der Waals surface area contributed by atoms with Crippen molar-refractivity contribution in [1.29, 1.82) is 0 Å². The minimum atomic E-state index is -0.632. The van der Waals surface area contributed by atoms with E-state index in [0.717, 1.165) is 48.4 Å². The molecule has 0 spiro atoms. The van der Waals surface area contributed by atoms with E-state index in [4.69, 9.17) is 28.7 Å². The fourth-order valence-corrected chi connectivity index (χ4v) is 5.36. The molecule has 1 amide bonds. The van der Waals surface area contributed by atoms with Gasteiger partial charge in [-0.05, 0) is 104 Å². The van der Waals surface area contributed by atoms with Gasteiger partial charge in [-0.3, -0.25) is 9.59 Å². The van der Waals surface area contributed by atoms with Crippen LogP contribution >= 0.6 is 0 Å². The lowest BCUT2D eigenvalue weighted by molar-refractivity contribution is -0.137. The molecule has 1 aromatic heterocycles. The van der Waals surface area contributed by atoms with E-state index in [9.17, 15) is 9.59 Å². The summed E-state index contributed by atoms with van der Waals surface area (Å²) in [5, 5.41) is 3.43. The van der Waals surface area contributed by atoms with Crippen molar-refractivity contribution in [3.05, 3.63) is 45.7 Å². The van der Waals surface area contributed by atoms with E-state index in [1.165, 1.54) is 7.11 Å². The monoisotopic (exact) mass is 668 g/mol. The van der Waals surface area contributed by atoms with Crippen LogP contribution in [0.1, 0.15) is 65.0 Å². The summed E-state index contributed by atoms with van der Waals surface area (Å²) in [5.74, 6) is 2.18. The lowest BCUT2D eigenvalue weighted by atomic mass is 9.93. The van der Waals surface area contributed by atoms with Crippen molar-refractivity contribution in [2.24, 2.45) is 5.41 Å². The van der Waals surface area contributed by atoms with Crippen LogP contribution in [0.15, 0.2) is 29.1 Å². The Kier molecular flexibility index (Phi) is 14.3. The molecule has 266 valence electrons. The number of hydrogen-bond donors (Lipinski definition) is 2. The zero-order valence-corrected chi connectivity index (χ0v) is 30.6. The Morgan fingerprint density at radius 3 is 2.33 bits per heavy atom. The van der Waals surface area contributed by atoms with E-state index in [1.54, 1.807) is 19.2 Å². The van der Waals surface area contributed by atoms with Crippen molar-refractivity contribution in [2.75, 3.05) is 67.3 Å². The smallest absolute Gasteiger partial charge is 0.262 e. The van der Waals surface area contributed by atoms with E-state index in [-0.39, 0.29) is 11.5 Å². The van der Waals surface area contributed by atoms with Crippen LogP contribution in [-0.2, 0) is 14.3 Å². The molecule has 2 aromatic carbocycles. The minimum absolute atomic E-state index is 0.00612. The fourth-order valence-electron chi connectivity index (χ4n) is 5.36. The van der Waals surface area contributed by atoms with Gasteiger partial charge in [-0.2, -0.15) is 0 Å². The maximum Gasteiger partial charge on any atom is 0.262 e. The summed E-state index contributed by atoms with van der Waals surface area (Å²) < 4.78 is 28.9. The number of nitrogens with zero attached hydrogens (tertiary/aromatic N) is 2. The molecular weight excluding hydrogens is 612 g/mol. The average Bonchev–Trinajstić information content (AvgIpc) is 3.04. The average molecular weight is 669 g/mol. The Labute approximate surface area is 285 Å². The highest BCUT2D eigenvalue weighted by molar-refractivity contribution is 5.87. The second-order valence-corrected chi connectivity index (χ2v) is 13.6. The van der Waals surface area contributed by atoms with Crippen LogP contribution in [0.5, 0.6) is 17.2 Å². The molecule has 48 heavy (non-hydrogen) atoms. The van der Waals surface area contributed by atoms with Crippen molar-refractivity contribution in [3.63, 3.8) is 0 Å². The molecule has 11 nitrogen and oxygen atoms in total. The molecule has 0 saturated heterocycles. The lowest BCUT2D eigenvalue weighted by Gasteiger charge is -2.31. The summed E-state index contributed by atoms with van der Waals surface area (Å²) >= 11 is 0. The van der Waals surface area contributed by atoms with Crippen LogP contribution in [0, 0.1) is 19.3 Å². The number of aromatic nitrogens is 2. The summed E-state index contributed by atoms with van der Waals surface area (Å²) in [6, 6.07) is 7.27. The number of aryl methyl sites for hydroxylation is 2. The maximum atomic E-state index is 13.0. The number of H-pyrrole nitrogens is 1. The number of amides is 1. The first-order valence-corrected chi connectivity index (χ1v) is 16.8. The zero-order valence-electron chi connectivity index (χ0n) is 30.6. The number of rotatable bonds is 20. The summed E-state index contributed by atoms with van der Waals surface area (Å²) in [6.07, 6.45) is 2.73. The highest BCUT2D eigenvalue weighted by Gasteiger charge is 2.31. The van der Waals surface area contributed by atoms with Gasteiger partial charge in [0.2, 0.25) is 5.91 Å². The van der Waals surface area contributed by atoms with Crippen LogP contribution in [0.4, 0.5) is 0 Å². The van der Waals surface area contributed by atoms with E-state index in [0.29, 0.717) is 67.6 Å². The van der Waals surface area contributed by atoms with Gasteiger partial charge in [0.1, 0.15) is 35.1 Å². The van der Waals surface area contributed by atoms with Crippen LogP contribution in [-0.4, -0.2) is 93.7 Å². The molecule has 3 aromatic rings. The molecule has 3 rings (SSSR count). The number of fused-ring (bicyclic) bond motifs is 1. The standard InChI is InChI=1S/C37H56N4O7/c1-11-15-41(8)16-12-14-38-35(43)36(4,5)24-48-37(6,7)13-17-46-18-19-47-32-25(2)20-27(21-26(32)3)33-39-29-22-28(44-9)23-30(45-10)31(29)34(42)40-33/h20-23H,11-19,24H2,1-10H3,(H,38,43)(H,39,40,42). The largest absolute Gasteiger partial charge is 0.497 e. The van der Waals surface area contributed by atoms with Gasteiger partial charge in [0.15, 0.2) is 0 Å². The third-order valence-electron chi connectivity index (χ3n) is 8.30. The van der Waals surface area contributed by atoms with Crippen molar-refractivity contribution in [2.45, 2.75) is 73.3 Å². The van der Waals surface area contributed by atoms with E-state index in [2.05, 4.69) is 29.2 Å². The first kappa shape index (κ1) is 38.8. The molecule has 1 heterocycles. The Morgan fingerprint density at radius 1 is 0.979 bits per heavy atom. The molecule has 0 radical (unpaired) electrons. The van der Waals surface area contributed by atoms with Gasteiger partial charge in [0.05, 0.1) is 44.0 Å². The third-order valence-corrected chi connectivity index (χ3v) is 8.30. The number of carbonyl (C=O) groups is 1. The molecule has 0 atom stereocenters. The summed E-state index contributed by atoms with van der Waals surface area (Å²) in [6.45, 7) is 18.3. The van der Waals surface area contributed by atoms with Gasteiger partial charge in [-0.1, -0.05) is 6.92 Å². The molecule has 0 aliphatic heterocycles.